The fourth-order valence-electron chi connectivity index (χ4n) is 1.40. The molecule has 0 bridgehead atoms. The molecule has 2 rings (SSSR count). The van der Waals surface area contributed by atoms with E-state index in [0.717, 1.165) is 6.07 Å². The predicted molar refractivity (Wildman–Crippen MR) is 65.8 cm³/mol. The molecule has 2 aromatic rings. The van der Waals surface area contributed by atoms with Gasteiger partial charge in [0.25, 0.3) is 5.91 Å². The van der Waals surface area contributed by atoms with E-state index in [1.807, 2.05) is 0 Å². The SMILES string of the molecule is Nc1ccc(NC(=O)c2cccc(=O)[nH]2)c(F)c1. The van der Waals surface area contributed by atoms with Crippen molar-refractivity contribution >= 4 is 17.3 Å². The first-order valence-electron chi connectivity index (χ1n) is 5.12. The monoisotopic (exact) mass is 247 g/mol. The minimum Gasteiger partial charge on any atom is -0.399 e. The van der Waals surface area contributed by atoms with Crippen molar-refractivity contribution in [3.63, 3.8) is 0 Å². The van der Waals surface area contributed by atoms with Crippen LogP contribution in [0.1, 0.15) is 10.5 Å². The lowest BCUT2D eigenvalue weighted by molar-refractivity contribution is 0.102. The molecule has 4 N–H and O–H groups in total. The van der Waals surface area contributed by atoms with Gasteiger partial charge in [-0.1, -0.05) is 6.07 Å². The van der Waals surface area contributed by atoms with Crippen molar-refractivity contribution in [1.29, 1.82) is 0 Å². The number of pyridine rings is 1. The van der Waals surface area contributed by atoms with Gasteiger partial charge < -0.3 is 16.0 Å². The zero-order valence-corrected chi connectivity index (χ0v) is 9.24. The van der Waals surface area contributed by atoms with Crippen LogP contribution in [-0.2, 0) is 0 Å². The molecule has 1 heterocycles. The highest BCUT2D eigenvalue weighted by Gasteiger charge is 2.09. The Hall–Kier alpha value is -2.63. The lowest BCUT2D eigenvalue weighted by Crippen LogP contribution is -2.18. The van der Waals surface area contributed by atoms with Crippen LogP contribution in [0, 0.1) is 5.82 Å². The van der Waals surface area contributed by atoms with Crippen LogP contribution in [0.2, 0.25) is 0 Å². The van der Waals surface area contributed by atoms with Crippen LogP contribution in [-0.4, -0.2) is 10.9 Å². The summed E-state index contributed by atoms with van der Waals surface area (Å²) in [5, 5.41) is 2.34. The molecule has 0 spiro atoms. The smallest absolute Gasteiger partial charge is 0.272 e. The van der Waals surface area contributed by atoms with E-state index in [4.69, 9.17) is 5.73 Å². The van der Waals surface area contributed by atoms with Crippen LogP contribution in [0.3, 0.4) is 0 Å². The molecule has 1 aromatic carbocycles. The number of hydrogen-bond donors (Lipinski definition) is 3. The summed E-state index contributed by atoms with van der Waals surface area (Å²) in [5.74, 6) is -1.24. The molecule has 1 amide bonds. The van der Waals surface area contributed by atoms with E-state index in [-0.39, 0.29) is 17.1 Å². The zero-order valence-electron chi connectivity index (χ0n) is 9.24. The normalized spacial score (nSPS) is 10.1. The molecule has 0 aliphatic carbocycles. The fourth-order valence-corrected chi connectivity index (χ4v) is 1.40. The summed E-state index contributed by atoms with van der Waals surface area (Å²) < 4.78 is 13.4. The van der Waals surface area contributed by atoms with E-state index in [9.17, 15) is 14.0 Å². The second kappa shape index (κ2) is 4.70. The summed E-state index contributed by atoms with van der Waals surface area (Å²) in [6, 6.07) is 8.05. The number of carbonyl (C=O) groups is 1. The summed E-state index contributed by atoms with van der Waals surface area (Å²) in [6.07, 6.45) is 0. The summed E-state index contributed by atoms with van der Waals surface area (Å²) in [7, 11) is 0. The van der Waals surface area contributed by atoms with Crippen LogP contribution >= 0.6 is 0 Å². The van der Waals surface area contributed by atoms with E-state index < -0.39 is 17.3 Å². The number of H-pyrrole nitrogens is 1. The third-order valence-corrected chi connectivity index (χ3v) is 2.25. The van der Waals surface area contributed by atoms with Gasteiger partial charge in [0.1, 0.15) is 11.5 Å². The van der Waals surface area contributed by atoms with Gasteiger partial charge in [-0.3, -0.25) is 9.59 Å². The van der Waals surface area contributed by atoms with Crippen molar-refractivity contribution in [3.8, 4) is 0 Å². The lowest BCUT2D eigenvalue weighted by atomic mass is 10.2. The summed E-state index contributed by atoms with van der Waals surface area (Å²) >= 11 is 0. The highest BCUT2D eigenvalue weighted by Crippen LogP contribution is 2.17. The molecule has 0 unspecified atom stereocenters. The van der Waals surface area contributed by atoms with Crippen molar-refractivity contribution in [2.24, 2.45) is 0 Å². The molecule has 0 radical (unpaired) electrons. The highest BCUT2D eigenvalue weighted by atomic mass is 19.1. The molecular formula is C12H10FN3O2. The Morgan fingerprint density at radius 3 is 2.72 bits per heavy atom. The van der Waals surface area contributed by atoms with Gasteiger partial charge in [0.15, 0.2) is 0 Å². The second-order valence-electron chi connectivity index (χ2n) is 3.62. The van der Waals surface area contributed by atoms with Crippen molar-refractivity contribution in [2.75, 3.05) is 11.1 Å². The van der Waals surface area contributed by atoms with Gasteiger partial charge in [0.2, 0.25) is 5.56 Å². The molecule has 0 aliphatic rings. The average Bonchev–Trinajstić information content (AvgIpc) is 2.32. The van der Waals surface area contributed by atoms with Gasteiger partial charge >= 0.3 is 0 Å². The average molecular weight is 247 g/mol. The Labute approximate surface area is 101 Å². The third-order valence-electron chi connectivity index (χ3n) is 2.25. The summed E-state index contributed by atoms with van der Waals surface area (Å²) in [6.45, 7) is 0. The summed E-state index contributed by atoms with van der Waals surface area (Å²) in [4.78, 5) is 25.1. The van der Waals surface area contributed by atoms with Crippen molar-refractivity contribution in [2.45, 2.75) is 0 Å². The molecular weight excluding hydrogens is 237 g/mol. The molecule has 0 saturated heterocycles. The predicted octanol–water partition coefficient (Wildman–Crippen LogP) is 1.35. The molecule has 5 nitrogen and oxygen atoms in total. The first kappa shape index (κ1) is 11.8. The molecule has 6 heteroatoms. The topological polar surface area (TPSA) is 88.0 Å². The van der Waals surface area contributed by atoms with Gasteiger partial charge in [-0.15, -0.1) is 0 Å². The molecule has 0 aliphatic heterocycles. The van der Waals surface area contributed by atoms with Gasteiger partial charge in [-0.25, -0.2) is 4.39 Å². The Balaban J connectivity index is 2.24. The fraction of sp³-hybridized carbons (Fsp3) is 0. The maximum atomic E-state index is 13.4. The van der Waals surface area contributed by atoms with Crippen molar-refractivity contribution < 1.29 is 9.18 Å². The van der Waals surface area contributed by atoms with Gasteiger partial charge in [0, 0.05) is 11.8 Å². The number of nitrogen functional groups attached to an aromatic ring is 1. The number of carbonyl (C=O) groups excluding carboxylic acids is 1. The number of rotatable bonds is 2. The second-order valence-corrected chi connectivity index (χ2v) is 3.62. The number of nitrogens with one attached hydrogen (secondary N) is 2. The number of anilines is 2. The van der Waals surface area contributed by atoms with E-state index in [1.54, 1.807) is 0 Å². The Morgan fingerprint density at radius 1 is 1.28 bits per heavy atom. The molecule has 92 valence electrons. The van der Waals surface area contributed by atoms with Crippen LogP contribution in [0.5, 0.6) is 0 Å². The Bertz CT molecular complexity index is 652. The van der Waals surface area contributed by atoms with Gasteiger partial charge in [-0.05, 0) is 24.3 Å². The van der Waals surface area contributed by atoms with E-state index >= 15 is 0 Å². The van der Waals surface area contributed by atoms with E-state index in [1.165, 1.54) is 30.3 Å². The molecule has 0 saturated carbocycles. The standard InChI is InChI=1S/C12H10FN3O2/c13-8-6-7(14)4-5-9(8)16-12(18)10-2-1-3-11(17)15-10/h1-6H,14H2,(H,15,17)(H,16,18). The van der Waals surface area contributed by atoms with E-state index in [2.05, 4.69) is 10.3 Å². The quantitative estimate of drug-likeness (QED) is 0.700. The molecule has 18 heavy (non-hydrogen) atoms. The van der Waals surface area contributed by atoms with Crippen LogP contribution in [0.4, 0.5) is 15.8 Å². The number of halogens is 1. The molecule has 0 atom stereocenters. The first-order valence-corrected chi connectivity index (χ1v) is 5.12. The Morgan fingerprint density at radius 2 is 2.06 bits per heavy atom. The van der Waals surface area contributed by atoms with Gasteiger partial charge in [0.05, 0.1) is 5.69 Å². The number of nitrogens with two attached hydrogens (primary N) is 1. The number of aromatic amines is 1. The number of benzene rings is 1. The molecule has 1 aromatic heterocycles. The van der Waals surface area contributed by atoms with Crippen molar-refractivity contribution in [1.82, 2.24) is 4.98 Å². The minimum absolute atomic E-state index is 0.00102. The number of amides is 1. The summed E-state index contributed by atoms with van der Waals surface area (Å²) in [5.41, 5.74) is 5.30. The highest BCUT2D eigenvalue weighted by molar-refractivity contribution is 6.02. The van der Waals surface area contributed by atoms with E-state index in [0.29, 0.717) is 0 Å². The van der Waals surface area contributed by atoms with Crippen LogP contribution in [0.15, 0.2) is 41.2 Å². The van der Waals surface area contributed by atoms with Crippen LogP contribution in [0.25, 0.3) is 0 Å². The largest absolute Gasteiger partial charge is 0.399 e. The maximum Gasteiger partial charge on any atom is 0.272 e. The molecule has 0 fully saturated rings. The maximum absolute atomic E-state index is 13.4. The Kier molecular flexibility index (Phi) is 3.09. The van der Waals surface area contributed by atoms with Crippen molar-refractivity contribution in [3.05, 3.63) is 58.3 Å². The lowest BCUT2D eigenvalue weighted by Gasteiger charge is -2.06. The van der Waals surface area contributed by atoms with Gasteiger partial charge in [-0.2, -0.15) is 0 Å². The third kappa shape index (κ3) is 2.54. The zero-order chi connectivity index (χ0) is 13.1. The van der Waals surface area contributed by atoms with Crippen LogP contribution < -0.4 is 16.6 Å². The number of hydrogen-bond acceptors (Lipinski definition) is 3. The first-order chi connectivity index (χ1) is 8.56. The number of aromatic nitrogens is 1. The minimum atomic E-state index is -0.637.